The predicted octanol–water partition coefficient (Wildman–Crippen LogP) is 3.30. The highest BCUT2D eigenvalue weighted by molar-refractivity contribution is 8.01. The molecular formula is C14H21NO2S. The van der Waals surface area contributed by atoms with Gasteiger partial charge in [-0.3, -0.25) is 4.79 Å². The van der Waals surface area contributed by atoms with Crippen LogP contribution in [0.2, 0.25) is 0 Å². The normalized spacial score (nSPS) is 11.3. The molecule has 0 spiro atoms. The fraction of sp³-hybridized carbons (Fsp3) is 0.500. The zero-order valence-corrected chi connectivity index (χ0v) is 12.3. The summed E-state index contributed by atoms with van der Waals surface area (Å²) in [6.07, 6.45) is 0. The molecule has 1 aromatic rings. The zero-order chi connectivity index (χ0) is 13.6. The van der Waals surface area contributed by atoms with Gasteiger partial charge in [-0.1, -0.05) is 32.9 Å². The molecule has 0 saturated heterocycles. The Morgan fingerprint density at radius 2 is 2.11 bits per heavy atom. The summed E-state index contributed by atoms with van der Waals surface area (Å²) in [4.78, 5) is 11.8. The van der Waals surface area contributed by atoms with Crippen LogP contribution in [0.3, 0.4) is 0 Å². The summed E-state index contributed by atoms with van der Waals surface area (Å²) in [6.45, 7) is 6.86. The molecule has 0 heterocycles. The summed E-state index contributed by atoms with van der Waals surface area (Å²) in [5.41, 5.74) is 1.88. The number of amides is 1. The maximum atomic E-state index is 11.8. The Balaban J connectivity index is 2.51. The third kappa shape index (κ3) is 6.07. The zero-order valence-electron chi connectivity index (χ0n) is 11.4. The summed E-state index contributed by atoms with van der Waals surface area (Å²) in [5, 5.41) is 2.90. The number of benzene rings is 1. The molecule has 0 saturated carbocycles. The quantitative estimate of drug-likeness (QED) is 0.889. The van der Waals surface area contributed by atoms with E-state index in [2.05, 4.69) is 26.1 Å². The summed E-state index contributed by atoms with van der Waals surface area (Å²) in [5.74, 6) is 0.502. The lowest BCUT2D eigenvalue weighted by Crippen LogP contribution is -2.18. The molecule has 0 aliphatic rings. The van der Waals surface area contributed by atoms with E-state index < -0.39 is 0 Å². The van der Waals surface area contributed by atoms with E-state index in [0.717, 1.165) is 11.3 Å². The number of ether oxygens (including phenoxy) is 1. The van der Waals surface area contributed by atoms with Crippen molar-refractivity contribution in [3.05, 3.63) is 29.8 Å². The molecule has 0 aliphatic carbocycles. The van der Waals surface area contributed by atoms with Gasteiger partial charge in [0.05, 0.1) is 12.4 Å². The number of carbonyl (C=O) groups is 1. The molecule has 4 heteroatoms. The lowest BCUT2D eigenvalue weighted by Gasteiger charge is -2.17. The third-order valence-corrected chi connectivity index (χ3v) is 3.43. The van der Waals surface area contributed by atoms with Gasteiger partial charge >= 0.3 is 0 Å². The minimum atomic E-state index is 0.0319. The standard InChI is InChI=1S/C14H21NO2S/c1-14(2,3)18-10-13(16)15-12-7-5-6-11(8-12)9-17-4/h5-8H,9-10H2,1-4H3,(H,15,16). The first-order chi connectivity index (χ1) is 8.40. The lowest BCUT2D eigenvalue weighted by molar-refractivity contribution is -0.113. The van der Waals surface area contributed by atoms with Crippen molar-refractivity contribution < 1.29 is 9.53 Å². The van der Waals surface area contributed by atoms with E-state index in [-0.39, 0.29) is 10.7 Å². The minimum Gasteiger partial charge on any atom is -0.380 e. The number of thioether (sulfide) groups is 1. The molecule has 0 unspecified atom stereocenters. The van der Waals surface area contributed by atoms with Gasteiger partial charge in [-0.05, 0) is 17.7 Å². The second-order valence-corrected chi connectivity index (χ2v) is 6.88. The van der Waals surface area contributed by atoms with Crippen molar-refractivity contribution in [1.82, 2.24) is 0 Å². The van der Waals surface area contributed by atoms with Crippen molar-refractivity contribution in [3.8, 4) is 0 Å². The first-order valence-electron chi connectivity index (χ1n) is 5.92. The van der Waals surface area contributed by atoms with Crippen molar-refractivity contribution in [2.24, 2.45) is 0 Å². The highest BCUT2D eigenvalue weighted by Crippen LogP contribution is 2.23. The van der Waals surface area contributed by atoms with E-state index in [1.165, 1.54) is 0 Å². The second-order valence-electron chi connectivity index (χ2n) is 5.08. The fourth-order valence-corrected chi connectivity index (χ4v) is 2.02. The largest absolute Gasteiger partial charge is 0.380 e. The summed E-state index contributed by atoms with van der Waals surface area (Å²) in [7, 11) is 1.66. The van der Waals surface area contributed by atoms with E-state index in [1.54, 1.807) is 18.9 Å². The van der Waals surface area contributed by atoms with Crippen LogP contribution in [0.4, 0.5) is 5.69 Å². The van der Waals surface area contributed by atoms with Crippen LogP contribution in [-0.4, -0.2) is 23.5 Å². The Morgan fingerprint density at radius 3 is 2.72 bits per heavy atom. The average molecular weight is 267 g/mol. The van der Waals surface area contributed by atoms with Crippen molar-refractivity contribution in [2.75, 3.05) is 18.2 Å². The number of anilines is 1. The van der Waals surface area contributed by atoms with Crippen LogP contribution in [-0.2, 0) is 16.1 Å². The number of nitrogens with one attached hydrogen (secondary N) is 1. The van der Waals surface area contributed by atoms with Gasteiger partial charge in [0.2, 0.25) is 5.91 Å². The topological polar surface area (TPSA) is 38.3 Å². The number of hydrogen-bond acceptors (Lipinski definition) is 3. The first kappa shape index (κ1) is 15.1. The molecule has 0 aromatic heterocycles. The highest BCUT2D eigenvalue weighted by atomic mass is 32.2. The van der Waals surface area contributed by atoms with E-state index in [1.807, 2.05) is 24.3 Å². The molecule has 1 aromatic carbocycles. The van der Waals surface area contributed by atoms with Crippen LogP contribution in [0.1, 0.15) is 26.3 Å². The van der Waals surface area contributed by atoms with Gasteiger partial charge in [0.1, 0.15) is 0 Å². The monoisotopic (exact) mass is 267 g/mol. The Bertz CT molecular complexity index is 399. The number of methoxy groups -OCH3 is 1. The predicted molar refractivity (Wildman–Crippen MR) is 78.0 cm³/mol. The minimum absolute atomic E-state index is 0.0319. The fourth-order valence-electron chi connectivity index (χ4n) is 1.38. The van der Waals surface area contributed by atoms with Crippen LogP contribution >= 0.6 is 11.8 Å². The maximum absolute atomic E-state index is 11.8. The van der Waals surface area contributed by atoms with Crippen LogP contribution in [0, 0.1) is 0 Å². The van der Waals surface area contributed by atoms with E-state index in [9.17, 15) is 4.79 Å². The molecule has 1 N–H and O–H groups in total. The molecule has 18 heavy (non-hydrogen) atoms. The van der Waals surface area contributed by atoms with Crippen molar-refractivity contribution in [1.29, 1.82) is 0 Å². The van der Waals surface area contributed by atoms with Crippen LogP contribution < -0.4 is 5.32 Å². The number of carbonyl (C=O) groups excluding carboxylic acids is 1. The molecule has 0 fully saturated rings. The Hall–Kier alpha value is -1.00. The molecule has 0 bridgehead atoms. The lowest BCUT2D eigenvalue weighted by atomic mass is 10.2. The highest BCUT2D eigenvalue weighted by Gasteiger charge is 2.13. The van der Waals surface area contributed by atoms with E-state index in [0.29, 0.717) is 12.4 Å². The van der Waals surface area contributed by atoms with Crippen LogP contribution in [0.5, 0.6) is 0 Å². The van der Waals surface area contributed by atoms with E-state index in [4.69, 9.17) is 4.74 Å². The van der Waals surface area contributed by atoms with Crippen LogP contribution in [0.15, 0.2) is 24.3 Å². The maximum Gasteiger partial charge on any atom is 0.234 e. The molecule has 100 valence electrons. The summed E-state index contributed by atoms with van der Waals surface area (Å²) < 4.78 is 5.17. The molecule has 3 nitrogen and oxygen atoms in total. The van der Waals surface area contributed by atoms with Crippen LogP contribution in [0.25, 0.3) is 0 Å². The Morgan fingerprint density at radius 1 is 1.39 bits per heavy atom. The molecule has 1 amide bonds. The second kappa shape index (κ2) is 6.81. The molecule has 0 aliphatic heterocycles. The van der Waals surface area contributed by atoms with Gasteiger partial charge < -0.3 is 10.1 Å². The third-order valence-electron chi connectivity index (χ3n) is 2.16. The van der Waals surface area contributed by atoms with Crippen molar-refractivity contribution in [2.45, 2.75) is 32.1 Å². The van der Waals surface area contributed by atoms with Crippen molar-refractivity contribution in [3.63, 3.8) is 0 Å². The van der Waals surface area contributed by atoms with Gasteiger partial charge in [0.25, 0.3) is 0 Å². The summed E-state index contributed by atoms with van der Waals surface area (Å²) in [6, 6.07) is 7.71. The van der Waals surface area contributed by atoms with Crippen molar-refractivity contribution >= 4 is 23.4 Å². The van der Waals surface area contributed by atoms with Gasteiger partial charge in [0.15, 0.2) is 0 Å². The van der Waals surface area contributed by atoms with Gasteiger partial charge in [-0.25, -0.2) is 0 Å². The number of rotatable bonds is 5. The molecule has 0 radical (unpaired) electrons. The Labute approximate surface area is 113 Å². The molecular weight excluding hydrogens is 246 g/mol. The van der Waals surface area contributed by atoms with Gasteiger partial charge in [0, 0.05) is 17.5 Å². The average Bonchev–Trinajstić information content (AvgIpc) is 2.26. The van der Waals surface area contributed by atoms with E-state index >= 15 is 0 Å². The molecule has 1 rings (SSSR count). The number of hydrogen-bond donors (Lipinski definition) is 1. The van der Waals surface area contributed by atoms with Gasteiger partial charge in [-0.2, -0.15) is 0 Å². The summed E-state index contributed by atoms with van der Waals surface area (Å²) >= 11 is 1.64. The SMILES string of the molecule is COCc1cccc(NC(=O)CSC(C)(C)C)c1. The molecule has 0 atom stereocenters. The smallest absolute Gasteiger partial charge is 0.234 e. The van der Waals surface area contributed by atoms with Gasteiger partial charge in [-0.15, -0.1) is 11.8 Å². The Kier molecular flexibility index (Phi) is 5.69. The first-order valence-corrected chi connectivity index (χ1v) is 6.91.